The van der Waals surface area contributed by atoms with Crippen molar-refractivity contribution in [3.8, 4) is 0 Å². The molecule has 1 fully saturated rings. The molecule has 1 rings (SSSR count). The average molecular weight is 212 g/mol. The van der Waals surface area contributed by atoms with Crippen LogP contribution in [0, 0.1) is 10.8 Å². The lowest BCUT2D eigenvalue weighted by Gasteiger charge is -2.40. The van der Waals surface area contributed by atoms with Crippen LogP contribution in [0.2, 0.25) is 0 Å². The highest BCUT2D eigenvalue weighted by Crippen LogP contribution is 2.56. The summed E-state index contributed by atoms with van der Waals surface area (Å²) in [5, 5.41) is 0. The van der Waals surface area contributed by atoms with Gasteiger partial charge < -0.3 is 4.74 Å². The first kappa shape index (κ1) is 12.5. The van der Waals surface area contributed by atoms with E-state index in [2.05, 4.69) is 20.8 Å². The number of ether oxygens (including phenoxy) is 1. The topological polar surface area (TPSA) is 26.3 Å². The van der Waals surface area contributed by atoms with Gasteiger partial charge in [0, 0.05) is 0 Å². The van der Waals surface area contributed by atoms with Crippen molar-refractivity contribution in [3.63, 3.8) is 0 Å². The molecule has 2 nitrogen and oxygen atoms in total. The van der Waals surface area contributed by atoms with Crippen molar-refractivity contribution < 1.29 is 9.53 Å². The summed E-state index contributed by atoms with van der Waals surface area (Å²) in [6, 6.07) is 0. The monoisotopic (exact) mass is 212 g/mol. The summed E-state index contributed by atoms with van der Waals surface area (Å²) in [7, 11) is 0. The van der Waals surface area contributed by atoms with Crippen molar-refractivity contribution in [2.75, 3.05) is 6.61 Å². The van der Waals surface area contributed by atoms with Gasteiger partial charge in [-0.3, -0.25) is 4.79 Å². The Morgan fingerprint density at radius 2 is 1.80 bits per heavy atom. The zero-order chi connectivity index (χ0) is 11.5. The molecule has 1 aliphatic carbocycles. The molecule has 1 saturated carbocycles. The van der Waals surface area contributed by atoms with E-state index in [1.54, 1.807) is 0 Å². The van der Waals surface area contributed by atoms with Crippen LogP contribution in [0.4, 0.5) is 0 Å². The third-order valence-corrected chi connectivity index (χ3v) is 4.53. The van der Waals surface area contributed by atoms with E-state index < -0.39 is 0 Å². The Morgan fingerprint density at radius 3 is 2.33 bits per heavy atom. The van der Waals surface area contributed by atoms with Gasteiger partial charge >= 0.3 is 5.97 Å². The first-order chi connectivity index (χ1) is 6.97. The second-order valence-corrected chi connectivity index (χ2v) is 5.31. The van der Waals surface area contributed by atoms with E-state index in [0.717, 1.165) is 12.8 Å². The molecular formula is C13H24O2. The van der Waals surface area contributed by atoms with Gasteiger partial charge in [-0.05, 0) is 30.6 Å². The molecule has 0 aliphatic heterocycles. The molecule has 0 aromatic heterocycles. The lowest BCUT2D eigenvalue weighted by Crippen LogP contribution is -2.34. The number of esters is 1. The van der Waals surface area contributed by atoms with Crippen molar-refractivity contribution in [2.45, 2.75) is 59.8 Å². The van der Waals surface area contributed by atoms with Crippen LogP contribution in [0.15, 0.2) is 0 Å². The number of hydrogen-bond acceptors (Lipinski definition) is 2. The minimum atomic E-state index is -0.0263. The molecule has 0 aromatic rings. The second-order valence-electron chi connectivity index (χ2n) is 5.31. The molecule has 15 heavy (non-hydrogen) atoms. The number of carbonyl (C=O) groups excluding carboxylic acids is 1. The van der Waals surface area contributed by atoms with Crippen molar-refractivity contribution in [1.29, 1.82) is 0 Å². The molecule has 0 saturated heterocycles. The lowest BCUT2D eigenvalue weighted by molar-refractivity contribution is -0.147. The summed E-state index contributed by atoms with van der Waals surface area (Å²) in [6.45, 7) is 9.17. The highest BCUT2D eigenvalue weighted by atomic mass is 16.5. The molecule has 2 unspecified atom stereocenters. The highest BCUT2D eigenvalue weighted by Gasteiger charge is 2.48. The first-order valence-electron chi connectivity index (χ1n) is 6.13. The molecule has 1 aliphatic rings. The van der Waals surface area contributed by atoms with Crippen molar-refractivity contribution in [1.82, 2.24) is 0 Å². The maximum absolute atomic E-state index is 11.6. The van der Waals surface area contributed by atoms with Gasteiger partial charge in [-0.25, -0.2) is 0 Å². The van der Waals surface area contributed by atoms with Gasteiger partial charge in [0.2, 0.25) is 0 Å². The summed E-state index contributed by atoms with van der Waals surface area (Å²) in [4.78, 5) is 11.6. The van der Waals surface area contributed by atoms with Gasteiger partial charge in [0.15, 0.2) is 0 Å². The fourth-order valence-corrected chi connectivity index (χ4v) is 2.91. The van der Waals surface area contributed by atoms with Gasteiger partial charge in [0.25, 0.3) is 0 Å². The van der Waals surface area contributed by atoms with Crippen LogP contribution in [0.1, 0.15) is 59.8 Å². The minimum absolute atomic E-state index is 0.0263. The maximum atomic E-state index is 11.6. The Morgan fingerprint density at radius 1 is 1.20 bits per heavy atom. The average Bonchev–Trinajstić information content (AvgIpc) is 2.44. The molecule has 0 bridgehead atoms. The molecule has 0 spiro atoms. The third-order valence-electron chi connectivity index (χ3n) is 4.53. The zero-order valence-electron chi connectivity index (χ0n) is 10.6. The van der Waals surface area contributed by atoms with Gasteiger partial charge in [0.05, 0.1) is 13.0 Å². The largest absolute Gasteiger partial charge is 0.466 e. The Balaban J connectivity index is 2.69. The molecule has 0 heterocycles. The van der Waals surface area contributed by atoms with E-state index in [1.807, 2.05) is 6.92 Å². The van der Waals surface area contributed by atoms with Crippen LogP contribution in [-0.2, 0) is 9.53 Å². The quantitative estimate of drug-likeness (QED) is 0.666. The van der Waals surface area contributed by atoms with E-state index in [1.165, 1.54) is 12.8 Å². The Hall–Kier alpha value is -0.530. The summed E-state index contributed by atoms with van der Waals surface area (Å²) < 4.78 is 5.07. The molecule has 0 radical (unpaired) electrons. The predicted octanol–water partition coefficient (Wildman–Crippen LogP) is 3.55. The predicted molar refractivity (Wildman–Crippen MR) is 61.6 cm³/mol. The van der Waals surface area contributed by atoms with E-state index >= 15 is 0 Å². The summed E-state index contributed by atoms with van der Waals surface area (Å²) in [5.41, 5.74) is 0.466. The minimum Gasteiger partial charge on any atom is -0.466 e. The van der Waals surface area contributed by atoms with Gasteiger partial charge in [-0.1, -0.05) is 33.6 Å². The summed E-state index contributed by atoms with van der Waals surface area (Å²) in [6.07, 6.45) is 5.41. The molecule has 2 heteroatoms. The SMILES string of the molecule is CCOC(=O)CC1(C)CCCC1(C)CC. The molecule has 0 N–H and O–H groups in total. The molecule has 88 valence electrons. The first-order valence-corrected chi connectivity index (χ1v) is 6.13. The Kier molecular flexibility index (Phi) is 3.80. The van der Waals surface area contributed by atoms with Crippen LogP contribution in [0.25, 0.3) is 0 Å². The zero-order valence-corrected chi connectivity index (χ0v) is 10.6. The standard InChI is InChI=1S/C13H24O2/c1-5-12(3)8-7-9-13(12,4)10-11(14)15-6-2/h5-10H2,1-4H3. The van der Waals surface area contributed by atoms with Crippen LogP contribution < -0.4 is 0 Å². The number of hydrogen-bond donors (Lipinski definition) is 0. The van der Waals surface area contributed by atoms with Crippen LogP contribution in [-0.4, -0.2) is 12.6 Å². The highest BCUT2D eigenvalue weighted by molar-refractivity contribution is 5.70. The van der Waals surface area contributed by atoms with Gasteiger partial charge in [-0.2, -0.15) is 0 Å². The third kappa shape index (κ3) is 2.35. The number of rotatable bonds is 4. The normalized spacial score (nSPS) is 35.5. The van der Waals surface area contributed by atoms with Crippen LogP contribution in [0.5, 0.6) is 0 Å². The van der Waals surface area contributed by atoms with Crippen LogP contribution >= 0.6 is 0 Å². The van der Waals surface area contributed by atoms with Crippen molar-refractivity contribution in [2.24, 2.45) is 10.8 Å². The maximum Gasteiger partial charge on any atom is 0.306 e. The van der Waals surface area contributed by atoms with E-state index in [0.29, 0.717) is 18.4 Å². The van der Waals surface area contributed by atoms with Gasteiger partial charge in [-0.15, -0.1) is 0 Å². The van der Waals surface area contributed by atoms with E-state index in [-0.39, 0.29) is 11.4 Å². The number of carbonyl (C=O) groups is 1. The smallest absolute Gasteiger partial charge is 0.306 e. The summed E-state index contributed by atoms with van der Waals surface area (Å²) in [5.74, 6) is -0.0263. The van der Waals surface area contributed by atoms with E-state index in [9.17, 15) is 4.79 Å². The fraction of sp³-hybridized carbons (Fsp3) is 0.923. The molecule has 0 amide bonds. The van der Waals surface area contributed by atoms with Crippen LogP contribution in [0.3, 0.4) is 0 Å². The second kappa shape index (κ2) is 4.54. The van der Waals surface area contributed by atoms with Crippen molar-refractivity contribution in [3.05, 3.63) is 0 Å². The molecular weight excluding hydrogens is 188 g/mol. The summed E-state index contributed by atoms with van der Waals surface area (Å²) >= 11 is 0. The molecule has 2 atom stereocenters. The van der Waals surface area contributed by atoms with Gasteiger partial charge in [0.1, 0.15) is 0 Å². The Bertz CT molecular complexity index is 237. The lowest BCUT2D eigenvalue weighted by atomic mass is 9.65. The fourth-order valence-electron chi connectivity index (χ4n) is 2.91. The van der Waals surface area contributed by atoms with E-state index in [4.69, 9.17) is 4.74 Å². The Labute approximate surface area is 93.4 Å². The van der Waals surface area contributed by atoms with Crippen molar-refractivity contribution >= 4 is 5.97 Å². The molecule has 0 aromatic carbocycles.